The van der Waals surface area contributed by atoms with Crippen molar-refractivity contribution in [3.8, 4) is 0 Å². The number of ether oxygens (including phenoxy) is 1. The Balaban J connectivity index is 1.67. The van der Waals surface area contributed by atoms with E-state index in [1.54, 1.807) is 0 Å². The van der Waals surface area contributed by atoms with Crippen LogP contribution in [0.15, 0.2) is 24.4 Å². The van der Waals surface area contributed by atoms with Crippen molar-refractivity contribution in [3.05, 3.63) is 41.3 Å². The van der Waals surface area contributed by atoms with Crippen LogP contribution in [0.25, 0.3) is 0 Å². The van der Waals surface area contributed by atoms with Gasteiger partial charge in [0.2, 0.25) is 5.95 Å². The predicted molar refractivity (Wildman–Crippen MR) is 86.1 cm³/mol. The Kier molecular flexibility index (Phi) is 4.48. The van der Waals surface area contributed by atoms with Crippen LogP contribution in [0.4, 0.5) is 11.8 Å². The summed E-state index contributed by atoms with van der Waals surface area (Å²) in [6.45, 7) is 7.95. The molecule has 6 nitrogen and oxygen atoms in total. The first kappa shape index (κ1) is 14.7. The van der Waals surface area contributed by atoms with Crippen LogP contribution in [-0.4, -0.2) is 41.3 Å². The highest BCUT2D eigenvalue weighted by Crippen LogP contribution is 2.15. The number of pyridine rings is 1. The zero-order chi connectivity index (χ0) is 15.4. The molecule has 2 aromatic rings. The van der Waals surface area contributed by atoms with Crippen LogP contribution in [0.3, 0.4) is 0 Å². The molecule has 1 fully saturated rings. The summed E-state index contributed by atoms with van der Waals surface area (Å²) >= 11 is 0. The third-order valence-electron chi connectivity index (χ3n) is 3.58. The number of hydrogen-bond acceptors (Lipinski definition) is 6. The van der Waals surface area contributed by atoms with E-state index in [9.17, 15) is 0 Å². The van der Waals surface area contributed by atoms with Crippen LogP contribution in [0.5, 0.6) is 0 Å². The molecule has 3 heterocycles. The van der Waals surface area contributed by atoms with E-state index in [0.717, 1.165) is 43.5 Å². The molecule has 6 heteroatoms. The second kappa shape index (κ2) is 6.70. The van der Waals surface area contributed by atoms with Crippen LogP contribution in [-0.2, 0) is 11.3 Å². The van der Waals surface area contributed by atoms with Gasteiger partial charge in [0, 0.05) is 37.2 Å². The maximum absolute atomic E-state index is 5.38. The average Bonchev–Trinajstić information content (AvgIpc) is 2.53. The number of anilines is 2. The molecule has 22 heavy (non-hydrogen) atoms. The van der Waals surface area contributed by atoms with E-state index in [0.29, 0.717) is 12.5 Å². The first-order valence-electron chi connectivity index (χ1n) is 7.54. The maximum Gasteiger partial charge on any atom is 0.223 e. The second-order valence-corrected chi connectivity index (χ2v) is 5.45. The van der Waals surface area contributed by atoms with Gasteiger partial charge in [-0.2, -0.15) is 0 Å². The van der Waals surface area contributed by atoms with Crippen molar-refractivity contribution in [1.29, 1.82) is 0 Å². The molecule has 0 amide bonds. The average molecular weight is 299 g/mol. The summed E-state index contributed by atoms with van der Waals surface area (Å²) < 4.78 is 5.38. The van der Waals surface area contributed by atoms with Crippen molar-refractivity contribution in [2.24, 2.45) is 0 Å². The minimum absolute atomic E-state index is 0.669. The topological polar surface area (TPSA) is 63.2 Å². The first-order valence-corrected chi connectivity index (χ1v) is 7.54. The van der Waals surface area contributed by atoms with Crippen molar-refractivity contribution >= 4 is 11.8 Å². The molecular weight excluding hydrogens is 278 g/mol. The number of rotatable bonds is 4. The Hall–Kier alpha value is -2.21. The molecule has 3 rings (SSSR count). The Morgan fingerprint density at radius 1 is 1.14 bits per heavy atom. The predicted octanol–water partition coefficient (Wildman–Crippen LogP) is 1.94. The number of aryl methyl sites for hydroxylation is 2. The molecule has 1 aliphatic heterocycles. The van der Waals surface area contributed by atoms with Gasteiger partial charge in [0.15, 0.2) is 0 Å². The summed E-state index contributed by atoms with van der Waals surface area (Å²) in [5.41, 5.74) is 3.11. The molecule has 0 unspecified atom stereocenters. The molecule has 2 aromatic heterocycles. The molecule has 0 aliphatic carbocycles. The van der Waals surface area contributed by atoms with Crippen LogP contribution in [0, 0.1) is 13.8 Å². The number of nitrogens with one attached hydrogen (secondary N) is 1. The van der Waals surface area contributed by atoms with Gasteiger partial charge in [-0.05, 0) is 37.6 Å². The Labute approximate surface area is 130 Å². The normalized spacial score (nSPS) is 14.9. The fourth-order valence-electron chi connectivity index (χ4n) is 2.52. The summed E-state index contributed by atoms with van der Waals surface area (Å²) in [5.74, 6) is 1.67. The van der Waals surface area contributed by atoms with E-state index in [2.05, 4.69) is 31.2 Å². The van der Waals surface area contributed by atoms with Gasteiger partial charge >= 0.3 is 0 Å². The van der Waals surface area contributed by atoms with Crippen molar-refractivity contribution < 1.29 is 4.74 Å². The van der Waals surface area contributed by atoms with Gasteiger partial charge in [0.1, 0.15) is 5.82 Å². The van der Waals surface area contributed by atoms with E-state index in [4.69, 9.17) is 4.74 Å². The zero-order valence-electron chi connectivity index (χ0n) is 13.0. The summed E-state index contributed by atoms with van der Waals surface area (Å²) in [6, 6.07) is 6.09. The molecule has 0 aromatic carbocycles. The lowest BCUT2D eigenvalue weighted by molar-refractivity contribution is 0.122. The van der Waals surface area contributed by atoms with Crippen LogP contribution < -0.4 is 10.2 Å². The maximum atomic E-state index is 5.38. The summed E-state index contributed by atoms with van der Waals surface area (Å²) in [7, 11) is 0. The van der Waals surface area contributed by atoms with Gasteiger partial charge in [0.05, 0.1) is 13.2 Å². The number of hydrogen-bond donors (Lipinski definition) is 1. The Bertz CT molecular complexity index is 620. The SMILES string of the molecule is Cc1cc(C)nc(NCc2ccnc(N3CCOCC3)c2)n1. The minimum atomic E-state index is 0.669. The molecule has 1 N–H and O–H groups in total. The lowest BCUT2D eigenvalue weighted by Gasteiger charge is -2.28. The molecule has 1 aliphatic rings. The van der Waals surface area contributed by atoms with Gasteiger partial charge in [-0.15, -0.1) is 0 Å². The monoisotopic (exact) mass is 299 g/mol. The highest BCUT2D eigenvalue weighted by Gasteiger charge is 2.12. The highest BCUT2D eigenvalue weighted by molar-refractivity contribution is 5.42. The van der Waals surface area contributed by atoms with Crippen molar-refractivity contribution in [1.82, 2.24) is 15.0 Å². The zero-order valence-corrected chi connectivity index (χ0v) is 13.0. The van der Waals surface area contributed by atoms with Gasteiger partial charge in [-0.25, -0.2) is 15.0 Å². The van der Waals surface area contributed by atoms with Crippen LogP contribution in [0.1, 0.15) is 17.0 Å². The molecule has 1 saturated heterocycles. The van der Waals surface area contributed by atoms with E-state index < -0.39 is 0 Å². The molecular formula is C16H21N5O. The molecule has 0 saturated carbocycles. The van der Waals surface area contributed by atoms with E-state index in [1.807, 2.05) is 32.2 Å². The Morgan fingerprint density at radius 3 is 2.59 bits per heavy atom. The molecule has 0 bridgehead atoms. The Morgan fingerprint density at radius 2 is 1.86 bits per heavy atom. The fourth-order valence-corrected chi connectivity index (χ4v) is 2.52. The summed E-state index contributed by atoms with van der Waals surface area (Å²) in [6.07, 6.45) is 1.85. The van der Waals surface area contributed by atoms with E-state index >= 15 is 0 Å². The van der Waals surface area contributed by atoms with Gasteiger partial charge < -0.3 is 15.0 Å². The lowest BCUT2D eigenvalue weighted by atomic mass is 10.2. The largest absolute Gasteiger partial charge is 0.378 e. The summed E-state index contributed by atoms with van der Waals surface area (Å²) in [5, 5.41) is 3.28. The quantitative estimate of drug-likeness (QED) is 0.931. The number of nitrogens with zero attached hydrogens (tertiary/aromatic N) is 4. The fraction of sp³-hybridized carbons (Fsp3) is 0.438. The van der Waals surface area contributed by atoms with E-state index in [1.165, 1.54) is 5.56 Å². The molecule has 0 radical (unpaired) electrons. The molecule has 0 spiro atoms. The van der Waals surface area contributed by atoms with Crippen LogP contribution in [0.2, 0.25) is 0 Å². The minimum Gasteiger partial charge on any atom is -0.378 e. The third-order valence-corrected chi connectivity index (χ3v) is 3.58. The number of morpholine rings is 1. The smallest absolute Gasteiger partial charge is 0.223 e. The highest BCUT2D eigenvalue weighted by atomic mass is 16.5. The van der Waals surface area contributed by atoms with Crippen LogP contribution >= 0.6 is 0 Å². The summed E-state index contributed by atoms with van der Waals surface area (Å²) in [4.78, 5) is 15.5. The van der Waals surface area contributed by atoms with Crippen molar-refractivity contribution in [2.75, 3.05) is 36.5 Å². The van der Waals surface area contributed by atoms with E-state index in [-0.39, 0.29) is 0 Å². The van der Waals surface area contributed by atoms with Crippen molar-refractivity contribution in [2.45, 2.75) is 20.4 Å². The lowest BCUT2D eigenvalue weighted by Crippen LogP contribution is -2.36. The molecule has 0 atom stereocenters. The van der Waals surface area contributed by atoms with Crippen molar-refractivity contribution in [3.63, 3.8) is 0 Å². The van der Waals surface area contributed by atoms with Gasteiger partial charge in [-0.1, -0.05) is 0 Å². The first-order chi connectivity index (χ1) is 10.7. The number of aromatic nitrogens is 3. The molecule has 116 valence electrons. The third kappa shape index (κ3) is 3.71. The standard InChI is InChI=1S/C16H21N5O/c1-12-9-13(2)20-16(19-12)18-11-14-3-4-17-15(10-14)21-5-7-22-8-6-21/h3-4,9-10H,5-8,11H2,1-2H3,(H,18,19,20). The second-order valence-electron chi connectivity index (χ2n) is 5.45. The van der Waals surface area contributed by atoms with Gasteiger partial charge in [-0.3, -0.25) is 0 Å². The van der Waals surface area contributed by atoms with Gasteiger partial charge in [0.25, 0.3) is 0 Å².